The predicted octanol–water partition coefficient (Wildman–Crippen LogP) is 0.202. The normalized spacial score (nSPS) is 18.8. The van der Waals surface area contributed by atoms with Gasteiger partial charge in [0, 0.05) is 24.7 Å². The van der Waals surface area contributed by atoms with Crippen molar-refractivity contribution in [2.45, 2.75) is 45.7 Å². The van der Waals surface area contributed by atoms with Gasteiger partial charge in [-0.25, -0.2) is 4.79 Å². The van der Waals surface area contributed by atoms with E-state index in [1.807, 2.05) is 27.8 Å². The SMILES string of the molecule is Cc1nn(C)c(C)c1[C@H](C)NC(=O)CC[C@H]1NC(=O)NC1=O. The molecule has 2 rings (SSSR count). The number of aromatic nitrogens is 2. The van der Waals surface area contributed by atoms with Gasteiger partial charge in [-0.15, -0.1) is 0 Å². The second-order valence-corrected chi connectivity index (χ2v) is 5.55. The summed E-state index contributed by atoms with van der Waals surface area (Å²) in [5.41, 5.74) is 2.89. The van der Waals surface area contributed by atoms with Gasteiger partial charge in [0.05, 0.1) is 11.7 Å². The molecule has 4 amide bonds. The Hall–Kier alpha value is -2.38. The van der Waals surface area contributed by atoms with Crippen molar-refractivity contribution in [1.82, 2.24) is 25.7 Å². The van der Waals surface area contributed by atoms with Crippen LogP contribution in [0.5, 0.6) is 0 Å². The molecule has 2 heterocycles. The number of amides is 4. The molecule has 8 nitrogen and oxygen atoms in total. The Kier molecular flexibility index (Phi) is 4.48. The summed E-state index contributed by atoms with van der Waals surface area (Å²) in [6.07, 6.45) is 0.447. The third kappa shape index (κ3) is 3.26. The summed E-state index contributed by atoms with van der Waals surface area (Å²) in [6.45, 7) is 5.76. The number of hydrogen-bond donors (Lipinski definition) is 3. The number of carbonyl (C=O) groups is 3. The van der Waals surface area contributed by atoms with Gasteiger partial charge in [-0.3, -0.25) is 19.6 Å². The first-order valence-corrected chi connectivity index (χ1v) is 7.20. The third-order valence-corrected chi connectivity index (χ3v) is 3.89. The van der Waals surface area contributed by atoms with Gasteiger partial charge in [0.25, 0.3) is 5.91 Å². The van der Waals surface area contributed by atoms with Gasteiger partial charge in [0.1, 0.15) is 6.04 Å². The zero-order valence-electron chi connectivity index (χ0n) is 13.2. The van der Waals surface area contributed by atoms with Crippen LogP contribution in [0.1, 0.15) is 42.8 Å². The Morgan fingerprint density at radius 1 is 1.41 bits per heavy atom. The number of nitrogens with zero attached hydrogens (tertiary/aromatic N) is 2. The summed E-state index contributed by atoms with van der Waals surface area (Å²) in [7, 11) is 1.86. The Morgan fingerprint density at radius 2 is 2.09 bits per heavy atom. The lowest BCUT2D eigenvalue weighted by molar-refractivity contribution is -0.122. The van der Waals surface area contributed by atoms with Crippen molar-refractivity contribution in [3.63, 3.8) is 0 Å². The van der Waals surface area contributed by atoms with Crippen molar-refractivity contribution in [1.29, 1.82) is 0 Å². The van der Waals surface area contributed by atoms with Crippen molar-refractivity contribution < 1.29 is 14.4 Å². The molecule has 0 spiro atoms. The maximum absolute atomic E-state index is 12.0. The molecule has 1 saturated heterocycles. The molecule has 1 aliphatic rings. The van der Waals surface area contributed by atoms with E-state index in [9.17, 15) is 14.4 Å². The van der Waals surface area contributed by atoms with Gasteiger partial charge >= 0.3 is 6.03 Å². The summed E-state index contributed by atoms with van der Waals surface area (Å²) in [5.74, 6) is -0.547. The molecular formula is C14H21N5O3. The predicted molar refractivity (Wildman–Crippen MR) is 78.9 cm³/mol. The van der Waals surface area contributed by atoms with E-state index in [-0.39, 0.29) is 30.7 Å². The van der Waals surface area contributed by atoms with Crippen LogP contribution >= 0.6 is 0 Å². The highest BCUT2D eigenvalue weighted by atomic mass is 16.2. The molecule has 1 aromatic rings. The van der Waals surface area contributed by atoms with Crippen LogP contribution in [-0.2, 0) is 16.6 Å². The largest absolute Gasteiger partial charge is 0.349 e. The van der Waals surface area contributed by atoms with Crippen LogP contribution in [0.2, 0.25) is 0 Å². The van der Waals surface area contributed by atoms with E-state index < -0.39 is 12.1 Å². The molecule has 0 bridgehead atoms. The number of urea groups is 1. The van der Waals surface area contributed by atoms with E-state index in [0.29, 0.717) is 0 Å². The molecule has 2 atom stereocenters. The number of rotatable bonds is 5. The Labute approximate surface area is 128 Å². The molecular weight excluding hydrogens is 286 g/mol. The van der Waals surface area contributed by atoms with Gasteiger partial charge < -0.3 is 10.6 Å². The van der Waals surface area contributed by atoms with Gasteiger partial charge in [-0.1, -0.05) is 0 Å². The highest BCUT2D eigenvalue weighted by molar-refractivity contribution is 6.04. The maximum atomic E-state index is 12.0. The smallest absolute Gasteiger partial charge is 0.322 e. The maximum Gasteiger partial charge on any atom is 0.322 e. The molecule has 8 heteroatoms. The minimum absolute atomic E-state index is 0.159. The second kappa shape index (κ2) is 6.17. The highest BCUT2D eigenvalue weighted by Gasteiger charge is 2.29. The topological polar surface area (TPSA) is 105 Å². The van der Waals surface area contributed by atoms with E-state index in [4.69, 9.17) is 0 Å². The van der Waals surface area contributed by atoms with Crippen molar-refractivity contribution in [2.24, 2.45) is 7.05 Å². The lowest BCUT2D eigenvalue weighted by atomic mass is 10.1. The van der Waals surface area contributed by atoms with Crippen molar-refractivity contribution >= 4 is 17.8 Å². The highest BCUT2D eigenvalue weighted by Crippen LogP contribution is 2.20. The fourth-order valence-electron chi connectivity index (χ4n) is 2.74. The number of nitrogens with one attached hydrogen (secondary N) is 3. The van der Waals surface area contributed by atoms with Gasteiger partial charge in [0.2, 0.25) is 5.91 Å². The molecule has 0 radical (unpaired) electrons. The molecule has 0 unspecified atom stereocenters. The number of carbonyl (C=O) groups excluding carboxylic acids is 3. The van der Waals surface area contributed by atoms with E-state index >= 15 is 0 Å². The average Bonchev–Trinajstić information content (AvgIpc) is 2.86. The van der Waals surface area contributed by atoms with Crippen molar-refractivity contribution in [3.8, 4) is 0 Å². The molecule has 3 N–H and O–H groups in total. The first-order chi connectivity index (χ1) is 10.3. The van der Waals surface area contributed by atoms with E-state index in [1.165, 1.54) is 0 Å². The second-order valence-electron chi connectivity index (χ2n) is 5.55. The molecule has 0 aromatic carbocycles. The molecule has 22 heavy (non-hydrogen) atoms. The summed E-state index contributed by atoms with van der Waals surface area (Å²) in [5, 5.41) is 11.9. The van der Waals surface area contributed by atoms with Crippen molar-refractivity contribution in [3.05, 3.63) is 17.0 Å². The zero-order valence-corrected chi connectivity index (χ0v) is 13.2. The summed E-state index contributed by atoms with van der Waals surface area (Å²) < 4.78 is 1.78. The van der Waals surface area contributed by atoms with E-state index in [1.54, 1.807) is 4.68 Å². The third-order valence-electron chi connectivity index (χ3n) is 3.89. The van der Waals surface area contributed by atoms with Gasteiger partial charge in [0.15, 0.2) is 0 Å². The molecule has 1 fully saturated rings. The van der Waals surface area contributed by atoms with Crippen LogP contribution in [0.15, 0.2) is 0 Å². The number of hydrogen-bond acceptors (Lipinski definition) is 4. The average molecular weight is 307 g/mol. The van der Waals surface area contributed by atoms with Crippen LogP contribution in [0.3, 0.4) is 0 Å². The van der Waals surface area contributed by atoms with Crippen LogP contribution in [0.25, 0.3) is 0 Å². The first-order valence-electron chi connectivity index (χ1n) is 7.20. The lowest BCUT2D eigenvalue weighted by Gasteiger charge is -2.15. The van der Waals surface area contributed by atoms with Crippen LogP contribution in [0.4, 0.5) is 4.79 Å². The summed E-state index contributed by atoms with van der Waals surface area (Å²) in [4.78, 5) is 34.4. The minimum Gasteiger partial charge on any atom is -0.349 e. The fraction of sp³-hybridized carbons (Fsp3) is 0.571. The number of aryl methyl sites for hydroxylation is 2. The Bertz CT molecular complexity index is 622. The van der Waals surface area contributed by atoms with Crippen molar-refractivity contribution in [2.75, 3.05) is 0 Å². The van der Waals surface area contributed by atoms with E-state index in [0.717, 1.165) is 17.0 Å². The van der Waals surface area contributed by atoms with Gasteiger partial charge in [-0.2, -0.15) is 5.10 Å². The Balaban J connectivity index is 1.89. The molecule has 1 aromatic heterocycles. The molecule has 1 aliphatic heterocycles. The Morgan fingerprint density at radius 3 is 2.59 bits per heavy atom. The quantitative estimate of drug-likeness (QED) is 0.676. The first kappa shape index (κ1) is 16.0. The minimum atomic E-state index is -0.629. The monoisotopic (exact) mass is 307 g/mol. The lowest BCUT2D eigenvalue weighted by Crippen LogP contribution is -2.32. The van der Waals surface area contributed by atoms with Crippen LogP contribution in [-0.4, -0.2) is 33.7 Å². The zero-order chi connectivity index (χ0) is 16.4. The summed E-state index contributed by atoms with van der Waals surface area (Å²) >= 11 is 0. The summed E-state index contributed by atoms with van der Waals surface area (Å²) in [6, 6.07) is -1.30. The fourth-order valence-corrected chi connectivity index (χ4v) is 2.74. The molecule has 0 saturated carbocycles. The van der Waals surface area contributed by atoms with E-state index in [2.05, 4.69) is 21.0 Å². The molecule has 120 valence electrons. The standard InChI is InChI=1S/C14H21N5O3/c1-7(12-8(2)18-19(4)9(12)3)15-11(20)6-5-10-13(21)17-14(22)16-10/h7,10H,5-6H2,1-4H3,(H,15,20)(H2,16,17,21,22)/t7-,10+/m0/s1. The van der Waals surface area contributed by atoms with Gasteiger partial charge in [-0.05, 0) is 27.2 Å². The number of imide groups is 1. The molecule has 0 aliphatic carbocycles. The van der Waals surface area contributed by atoms with Crippen LogP contribution in [0, 0.1) is 13.8 Å². The van der Waals surface area contributed by atoms with Crippen LogP contribution < -0.4 is 16.0 Å².